The summed E-state index contributed by atoms with van der Waals surface area (Å²) in [6.07, 6.45) is 1.85. The molecule has 0 spiro atoms. The minimum atomic E-state index is -0.374. The van der Waals surface area contributed by atoms with E-state index >= 15 is 0 Å². The van der Waals surface area contributed by atoms with E-state index in [0.29, 0.717) is 46.4 Å². The second kappa shape index (κ2) is 6.80. The third-order valence-electron chi connectivity index (χ3n) is 5.21. The van der Waals surface area contributed by atoms with Gasteiger partial charge >= 0.3 is 0 Å². The number of halogens is 1. The maximum absolute atomic E-state index is 13.9. The summed E-state index contributed by atoms with van der Waals surface area (Å²) in [6.45, 7) is 0.298. The number of carbonyl (C=O) groups excluding carboxylic acids is 1. The topological polar surface area (TPSA) is 97.1 Å². The summed E-state index contributed by atoms with van der Waals surface area (Å²) in [6, 6.07) is 11.9. The molecule has 0 unspecified atom stereocenters. The first-order valence-electron chi connectivity index (χ1n) is 9.41. The monoisotopic (exact) mass is 404 g/mol. The predicted molar refractivity (Wildman–Crippen MR) is 110 cm³/mol. The van der Waals surface area contributed by atoms with Crippen LogP contribution in [0.2, 0.25) is 0 Å². The molecule has 5 aromatic rings. The van der Waals surface area contributed by atoms with Crippen LogP contribution in [0.15, 0.2) is 53.5 Å². The Morgan fingerprint density at radius 3 is 2.80 bits per heavy atom. The predicted octanol–water partition coefficient (Wildman–Crippen LogP) is 2.17. The summed E-state index contributed by atoms with van der Waals surface area (Å²) in [5.41, 5.74) is 1.96. The molecule has 3 aromatic heterocycles. The lowest BCUT2D eigenvalue weighted by Gasteiger charge is -2.05. The van der Waals surface area contributed by atoms with Crippen LogP contribution in [0.4, 0.5) is 4.39 Å². The second-order valence-electron chi connectivity index (χ2n) is 6.99. The second-order valence-corrected chi connectivity index (χ2v) is 6.99. The van der Waals surface area contributed by atoms with Crippen LogP contribution in [0.3, 0.4) is 0 Å². The average molecular weight is 404 g/mol. The highest BCUT2D eigenvalue weighted by molar-refractivity contribution is 6.00. The van der Waals surface area contributed by atoms with Crippen LogP contribution in [0.25, 0.3) is 27.6 Å². The number of nitrogens with one attached hydrogen (secondary N) is 2. The Kier molecular flexibility index (Phi) is 4.09. The Morgan fingerprint density at radius 2 is 1.97 bits per heavy atom. The maximum atomic E-state index is 13.9. The van der Waals surface area contributed by atoms with Crippen molar-refractivity contribution in [3.8, 4) is 0 Å². The van der Waals surface area contributed by atoms with Crippen LogP contribution < -0.4 is 10.9 Å². The van der Waals surface area contributed by atoms with Gasteiger partial charge in [0.25, 0.3) is 11.5 Å². The summed E-state index contributed by atoms with van der Waals surface area (Å²) in [5, 5.41) is 7.57. The van der Waals surface area contributed by atoms with E-state index in [1.165, 1.54) is 12.3 Å². The van der Waals surface area contributed by atoms with Gasteiger partial charge in [-0.1, -0.05) is 18.2 Å². The Bertz CT molecular complexity index is 1500. The molecule has 0 aliphatic carbocycles. The summed E-state index contributed by atoms with van der Waals surface area (Å²) in [7, 11) is 1.81. The van der Waals surface area contributed by atoms with Crippen molar-refractivity contribution in [2.45, 2.75) is 6.42 Å². The lowest BCUT2D eigenvalue weighted by molar-refractivity contribution is 0.0955. The van der Waals surface area contributed by atoms with Gasteiger partial charge in [0.1, 0.15) is 22.6 Å². The SMILES string of the molecule is Cn1c(CCNC(=O)c2cnn3c2[nH]c(=O)c2ccccc23)nc2c(F)cccc21. The van der Waals surface area contributed by atoms with Crippen LogP contribution in [-0.4, -0.2) is 36.6 Å². The highest BCUT2D eigenvalue weighted by Gasteiger charge is 2.17. The minimum absolute atomic E-state index is 0.272. The Hall–Kier alpha value is -4.01. The molecular weight excluding hydrogens is 387 g/mol. The molecule has 0 fully saturated rings. The number of fused-ring (bicyclic) bond motifs is 4. The zero-order valence-electron chi connectivity index (χ0n) is 16.0. The fraction of sp³-hybridized carbons (Fsp3) is 0.143. The van der Waals surface area contributed by atoms with Crippen molar-refractivity contribution >= 4 is 33.5 Å². The summed E-state index contributed by atoms with van der Waals surface area (Å²) >= 11 is 0. The molecule has 5 rings (SSSR count). The zero-order chi connectivity index (χ0) is 20.8. The summed E-state index contributed by atoms with van der Waals surface area (Å²) < 4.78 is 17.3. The van der Waals surface area contributed by atoms with Gasteiger partial charge in [-0.05, 0) is 24.3 Å². The number of rotatable bonds is 4. The zero-order valence-corrected chi connectivity index (χ0v) is 16.0. The third kappa shape index (κ3) is 2.74. The fourth-order valence-electron chi connectivity index (χ4n) is 3.68. The largest absolute Gasteiger partial charge is 0.351 e. The first-order valence-corrected chi connectivity index (χ1v) is 9.41. The quantitative estimate of drug-likeness (QED) is 0.480. The maximum Gasteiger partial charge on any atom is 0.259 e. The van der Waals surface area contributed by atoms with Gasteiger partial charge in [0, 0.05) is 20.0 Å². The van der Waals surface area contributed by atoms with Crippen molar-refractivity contribution in [3.05, 3.63) is 76.2 Å². The normalized spacial score (nSPS) is 11.5. The number of benzene rings is 2. The van der Waals surface area contributed by atoms with Crippen LogP contribution in [0.1, 0.15) is 16.2 Å². The van der Waals surface area contributed by atoms with E-state index in [1.54, 1.807) is 34.8 Å². The van der Waals surface area contributed by atoms with Gasteiger partial charge in [-0.15, -0.1) is 0 Å². The first kappa shape index (κ1) is 18.0. The highest BCUT2D eigenvalue weighted by atomic mass is 19.1. The molecule has 8 nitrogen and oxygen atoms in total. The van der Waals surface area contributed by atoms with Crippen molar-refractivity contribution in [1.29, 1.82) is 0 Å². The molecule has 0 aliphatic heterocycles. The van der Waals surface area contributed by atoms with E-state index in [4.69, 9.17) is 0 Å². The molecule has 0 radical (unpaired) electrons. The molecule has 0 aliphatic rings. The van der Waals surface area contributed by atoms with E-state index in [2.05, 4.69) is 20.4 Å². The standard InChI is InChI=1S/C21H17FN6O2/c1-27-16-8-4-6-14(22)18(16)25-17(27)9-10-23-20(29)13-11-24-28-15-7-3-2-5-12(15)21(30)26-19(13)28/h2-8,11H,9-10H2,1H3,(H,23,29)(H,26,30). The number of carbonyl (C=O) groups is 1. The summed E-state index contributed by atoms with van der Waals surface area (Å²) in [4.78, 5) is 32.1. The number of imidazole rings is 1. The fourth-order valence-corrected chi connectivity index (χ4v) is 3.68. The number of hydrogen-bond donors (Lipinski definition) is 2. The van der Waals surface area contributed by atoms with Crippen LogP contribution in [0.5, 0.6) is 0 Å². The van der Waals surface area contributed by atoms with E-state index in [-0.39, 0.29) is 22.8 Å². The molecule has 3 heterocycles. The number of nitrogens with zero attached hydrogens (tertiary/aromatic N) is 4. The van der Waals surface area contributed by atoms with Crippen molar-refractivity contribution in [2.75, 3.05) is 6.54 Å². The van der Waals surface area contributed by atoms with Gasteiger partial charge in [-0.25, -0.2) is 13.9 Å². The molecule has 9 heteroatoms. The Labute approximate surface area is 169 Å². The molecule has 2 N–H and O–H groups in total. The number of aromatic nitrogens is 5. The van der Waals surface area contributed by atoms with Gasteiger partial charge in [-0.3, -0.25) is 9.59 Å². The molecule has 0 atom stereocenters. The molecular formula is C21H17FN6O2. The van der Waals surface area contributed by atoms with E-state index in [1.807, 2.05) is 17.7 Å². The van der Waals surface area contributed by atoms with E-state index < -0.39 is 0 Å². The number of hydrogen-bond acceptors (Lipinski definition) is 4. The Balaban J connectivity index is 1.39. The minimum Gasteiger partial charge on any atom is -0.351 e. The molecule has 30 heavy (non-hydrogen) atoms. The smallest absolute Gasteiger partial charge is 0.259 e. The van der Waals surface area contributed by atoms with Crippen molar-refractivity contribution in [2.24, 2.45) is 7.05 Å². The third-order valence-corrected chi connectivity index (χ3v) is 5.21. The lowest BCUT2D eigenvalue weighted by Crippen LogP contribution is -2.26. The Morgan fingerprint density at radius 1 is 1.17 bits per heavy atom. The number of para-hydroxylation sites is 2. The van der Waals surface area contributed by atoms with Crippen LogP contribution >= 0.6 is 0 Å². The molecule has 150 valence electrons. The molecule has 1 amide bonds. The van der Waals surface area contributed by atoms with Gasteiger partial charge < -0.3 is 14.9 Å². The van der Waals surface area contributed by atoms with Gasteiger partial charge in [0.05, 0.1) is 22.6 Å². The summed E-state index contributed by atoms with van der Waals surface area (Å²) in [5.74, 6) is -0.0727. The molecule has 2 aromatic carbocycles. The van der Waals surface area contributed by atoms with E-state index in [9.17, 15) is 14.0 Å². The van der Waals surface area contributed by atoms with Gasteiger partial charge in [0.2, 0.25) is 0 Å². The van der Waals surface area contributed by atoms with Crippen LogP contribution in [0, 0.1) is 5.82 Å². The average Bonchev–Trinajstić information content (AvgIpc) is 3.31. The van der Waals surface area contributed by atoms with Crippen molar-refractivity contribution < 1.29 is 9.18 Å². The van der Waals surface area contributed by atoms with Gasteiger partial charge in [-0.2, -0.15) is 5.10 Å². The van der Waals surface area contributed by atoms with Gasteiger partial charge in [0.15, 0.2) is 5.82 Å². The molecule has 0 saturated heterocycles. The van der Waals surface area contributed by atoms with Crippen molar-refractivity contribution in [1.82, 2.24) is 29.5 Å². The highest BCUT2D eigenvalue weighted by Crippen LogP contribution is 2.18. The molecule has 0 bridgehead atoms. The number of aryl methyl sites for hydroxylation is 1. The first-order chi connectivity index (χ1) is 14.5. The number of aromatic amines is 1. The lowest BCUT2D eigenvalue weighted by atomic mass is 10.2. The molecule has 0 saturated carbocycles. The number of amides is 1. The van der Waals surface area contributed by atoms with E-state index in [0.717, 1.165) is 0 Å². The van der Waals surface area contributed by atoms with Crippen LogP contribution in [-0.2, 0) is 13.5 Å². The van der Waals surface area contributed by atoms with Crippen molar-refractivity contribution in [3.63, 3.8) is 0 Å². The number of H-pyrrole nitrogens is 1.